The lowest BCUT2D eigenvalue weighted by Gasteiger charge is -2.43. The van der Waals surface area contributed by atoms with Crippen LogP contribution in [0.4, 0.5) is 57.7 Å². The summed E-state index contributed by atoms with van der Waals surface area (Å²) in [6.07, 6.45) is 9.56. The van der Waals surface area contributed by atoms with Crippen molar-refractivity contribution in [2.75, 3.05) is 165 Å². The molecule has 0 saturated carbocycles. The minimum Gasteiger partial charge on any atom is -0.494 e. The van der Waals surface area contributed by atoms with E-state index in [2.05, 4.69) is 134 Å². The molecule has 2 aromatic heterocycles. The Balaban J connectivity index is 0.000000213. The molecule has 626 valence electrons. The number of hydrogen-bond donors (Lipinski definition) is 4. The van der Waals surface area contributed by atoms with Gasteiger partial charge in [-0.05, 0) is 221 Å². The normalized spacial score (nSPS) is 20.6. The van der Waals surface area contributed by atoms with Gasteiger partial charge in [0.1, 0.15) is 35.8 Å². The molecule has 0 amide bonds. The van der Waals surface area contributed by atoms with Crippen molar-refractivity contribution in [1.82, 2.24) is 39.5 Å². The lowest BCUT2D eigenvalue weighted by atomic mass is 9.49. The van der Waals surface area contributed by atoms with E-state index in [4.69, 9.17) is 65.6 Å². The first kappa shape index (κ1) is 92.6. The lowest BCUT2D eigenvalue weighted by molar-refractivity contribution is 0.00578. The van der Waals surface area contributed by atoms with Crippen molar-refractivity contribution >= 4 is 148 Å². The number of rotatable bonds is 20. The molecule has 24 nitrogen and oxygen atoms in total. The molecule has 6 aromatic rings. The Kier molecular flexibility index (Phi) is 30.2. The van der Waals surface area contributed by atoms with Crippen LogP contribution in [-0.2, 0) is 49.9 Å². The van der Waals surface area contributed by atoms with Gasteiger partial charge in [0.25, 0.3) is 0 Å². The summed E-state index contributed by atoms with van der Waals surface area (Å²) in [5.74, 6) is 2.99. The number of nitrogens with zero attached hydrogens (tertiary/aromatic N) is 10. The number of halogens is 3. The summed E-state index contributed by atoms with van der Waals surface area (Å²) < 4.78 is 75.6. The van der Waals surface area contributed by atoms with Crippen LogP contribution in [0.25, 0.3) is 0 Å². The van der Waals surface area contributed by atoms with Crippen LogP contribution in [0.5, 0.6) is 11.5 Å². The summed E-state index contributed by atoms with van der Waals surface area (Å²) >= 11 is 16.6. The standard InChI is InChI=1S/C37H54BClN7O4P.C31H42BrClN7O2P.C12H24B2O4.2CH4/c1-10-25-21-30(32(48-7)23-31(25)46-15-13-27(14-16-46)45-19-17-44(6)18-20-45)42-35-40-24-28(39)34(43-35)41-29-12-11-26(22-33(29)51(8,9)47)38-49-36(2,3)37(4,5)50-38;1-6-21-17-26(28(42-3)19-27(21)40-11-9-23(10-12-40)39-15-13-38(2)14-16-39)36-31-34-20-24(33)30(37-31)35-25-8-7-22(32)18-29(25)43(4,5)41;1-9(2)10(3,4)16-13(15-9)14-17-11(5,6)12(7,8)18-14;;/h11-12,21-24,27H,10,13-20H2,1-9H3,(H2,40,41,42,43);7-8,17-20,23H,6,9-16H2,1-5H3,(H2,34,35,36,37);1-8H3;2*1H4. The summed E-state index contributed by atoms with van der Waals surface area (Å²) in [4.78, 5) is 33.6. The molecule has 32 heteroatoms. The van der Waals surface area contributed by atoms with E-state index in [1.54, 1.807) is 53.3 Å². The largest absolute Gasteiger partial charge is 0.494 e. The van der Waals surface area contributed by atoms with Crippen molar-refractivity contribution in [3.8, 4) is 11.5 Å². The van der Waals surface area contributed by atoms with Gasteiger partial charge in [-0.15, -0.1) is 0 Å². The Hall–Kier alpha value is -5.25. The van der Waals surface area contributed by atoms with Crippen LogP contribution in [0.1, 0.15) is 149 Å². The third-order valence-corrected chi connectivity index (χ3v) is 28.3. The second-order valence-electron chi connectivity index (χ2n) is 34.4. The monoisotopic (exact) mass is 1710 g/mol. The number of aromatic nitrogens is 4. The molecule has 13 rings (SSSR count). The van der Waals surface area contributed by atoms with Gasteiger partial charge in [0.05, 0.1) is 83.0 Å². The molecule has 7 saturated heterocycles. The summed E-state index contributed by atoms with van der Waals surface area (Å²) in [7, 11) is 0.950. The predicted octanol–water partition coefficient (Wildman–Crippen LogP) is 15.9. The molecule has 0 unspecified atom stereocenters. The quantitative estimate of drug-likeness (QED) is 0.0411. The molecule has 0 radical (unpaired) electrons. The number of piperazine rings is 2. The van der Waals surface area contributed by atoms with Crippen molar-refractivity contribution in [3.05, 3.63) is 98.7 Å². The molecular weight excluding hydrogens is 1590 g/mol. The average molecular weight is 1720 g/mol. The number of likely N-dealkylation sites (N-methyl/N-ethyl adjacent to an activating group) is 2. The number of methoxy groups -OCH3 is 2. The summed E-state index contributed by atoms with van der Waals surface area (Å²) in [5, 5.41) is 15.4. The van der Waals surface area contributed by atoms with Gasteiger partial charge < -0.3 is 87.4 Å². The number of piperidine rings is 2. The first-order valence-corrected chi connectivity index (χ1v) is 46.3. The molecule has 7 fully saturated rings. The van der Waals surface area contributed by atoms with Crippen molar-refractivity contribution in [2.24, 2.45) is 0 Å². The Labute approximate surface area is 700 Å². The van der Waals surface area contributed by atoms with Gasteiger partial charge >= 0.3 is 21.1 Å². The average Bonchev–Trinajstić information content (AvgIpc) is 1.58. The molecule has 0 spiro atoms. The van der Waals surface area contributed by atoms with Crippen LogP contribution in [0.3, 0.4) is 0 Å². The second kappa shape index (κ2) is 37.2. The molecular formula is C82H128B3BrCl2N14O10P2. The van der Waals surface area contributed by atoms with E-state index < -0.39 is 46.6 Å². The van der Waals surface area contributed by atoms with E-state index in [1.165, 1.54) is 48.4 Å². The SMILES string of the molecule is C.C.CC1(C)OB(B2OC(C)(C)C(C)(C)O2)OC1(C)C.CCc1cc(Nc2ncc(Cl)c(Nc3ccc(B4OC(C)(C)C(C)(C)O4)cc3P(C)(C)=O)n2)c(OC)cc1N1CCC(N2CCN(C)CC2)CC1.CCc1cc(Nc2ncc(Cl)c(Nc3ccc(Br)cc3P(C)(C)=O)n2)c(OC)cc1N1CCC(N2CCN(C)CC2)CC1. The highest BCUT2D eigenvalue weighted by Gasteiger charge is 2.64. The Morgan fingerprint density at radius 3 is 1.17 bits per heavy atom. The molecule has 0 aliphatic carbocycles. The number of anilines is 10. The highest BCUT2D eigenvalue weighted by atomic mass is 79.9. The van der Waals surface area contributed by atoms with Crippen LogP contribution < -0.4 is 56.6 Å². The zero-order chi connectivity index (χ0) is 81.4. The highest BCUT2D eigenvalue weighted by molar-refractivity contribution is 9.10. The van der Waals surface area contributed by atoms with Crippen molar-refractivity contribution in [3.63, 3.8) is 0 Å². The smallest absolute Gasteiger partial charge is 0.494 e. The van der Waals surface area contributed by atoms with Crippen molar-refractivity contribution in [2.45, 2.75) is 196 Å². The highest BCUT2D eigenvalue weighted by Crippen LogP contribution is 2.47. The summed E-state index contributed by atoms with van der Waals surface area (Å²) in [6, 6.07) is 21.2. The van der Waals surface area contributed by atoms with Crippen LogP contribution in [0.2, 0.25) is 10.0 Å². The van der Waals surface area contributed by atoms with Crippen LogP contribution in [0.15, 0.2) is 77.5 Å². The first-order chi connectivity index (χ1) is 52.5. The van der Waals surface area contributed by atoms with Gasteiger partial charge in [0.15, 0.2) is 11.6 Å². The fraction of sp³-hybridized carbons (Fsp3) is 0.610. The molecule has 9 heterocycles. The maximum atomic E-state index is 13.6. The van der Waals surface area contributed by atoms with Crippen molar-refractivity contribution in [1.29, 1.82) is 0 Å². The zero-order valence-corrected chi connectivity index (χ0v) is 75.0. The van der Waals surface area contributed by atoms with E-state index in [1.807, 2.05) is 119 Å². The molecule has 7 aliphatic heterocycles. The van der Waals surface area contributed by atoms with Gasteiger partial charge in [0, 0.05) is 129 Å². The lowest BCUT2D eigenvalue weighted by Crippen LogP contribution is -2.52. The predicted molar refractivity (Wildman–Crippen MR) is 481 cm³/mol. The fourth-order valence-corrected chi connectivity index (χ4v) is 18.2. The Bertz CT molecular complexity index is 4320. The minimum atomic E-state index is -2.76. The minimum absolute atomic E-state index is 0. The fourth-order valence-electron chi connectivity index (χ4n) is 15.0. The maximum Gasteiger partial charge on any atom is 0.494 e. The number of hydrogen-bond acceptors (Lipinski definition) is 24. The van der Waals surface area contributed by atoms with Crippen LogP contribution in [0, 0.1) is 0 Å². The number of benzene rings is 4. The molecule has 4 N–H and O–H groups in total. The maximum absolute atomic E-state index is 13.6. The molecule has 7 aliphatic rings. The Morgan fingerprint density at radius 2 is 0.825 bits per heavy atom. The summed E-state index contributed by atoms with van der Waals surface area (Å²) in [6.45, 7) is 49.0. The number of aryl methyl sites for hydroxylation is 2. The van der Waals surface area contributed by atoms with Gasteiger partial charge in [-0.25, -0.2) is 9.97 Å². The van der Waals surface area contributed by atoms with Gasteiger partial charge in [-0.3, -0.25) is 9.80 Å². The summed E-state index contributed by atoms with van der Waals surface area (Å²) in [5.41, 5.74) is 6.21. The first-order valence-electron chi connectivity index (χ1n) is 39.5. The van der Waals surface area contributed by atoms with E-state index in [-0.39, 0.29) is 37.3 Å². The molecule has 0 atom stereocenters. The van der Waals surface area contributed by atoms with Crippen LogP contribution in [-0.4, -0.2) is 240 Å². The molecule has 0 bridgehead atoms. The number of nitrogens with one attached hydrogen (secondary N) is 4. The molecule has 4 aromatic carbocycles. The van der Waals surface area contributed by atoms with Gasteiger partial charge in [-0.1, -0.05) is 73.9 Å². The van der Waals surface area contributed by atoms with E-state index in [0.29, 0.717) is 67.6 Å². The van der Waals surface area contributed by atoms with Gasteiger partial charge in [-0.2, -0.15) is 9.97 Å². The van der Waals surface area contributed by atoms with E-state index in [0.717, 1.165) is 124 Å². The topological polar surface area (TPSA) is 227 Å². The van der Waals surface area contributed by atoms with E-state index >= 15 is 0 Å². The van der Waals surface area contributed by atoms with Crippen molar-refractivity contribution < 1.29 is 46.5 Å². The Morgan fingerprint density at radius 1 is 0.482 bits per heavy atom. The third kappa shape index (κ3) is 21.5. The number of ether oxygens (including phenoxy) is 2. The van der Waals surface area contributed by atoms with E-state index in [9.17, 15) is 9.13 Å². The van der Waals surface area contributed by atoms with Crippen LogP contribution >= 0.6 is 53.4 Å². The molecule has 114 heavy (non-hydrogen) atoms. The van der Waals surface area contributed by atoms with Gasteiger partial charge in [0.2, 0.25) is 11.9 Å². The second-order valence-corrected chi connectivity index (χ2v) is 42.5. The zero-order valence-electron chi connectivity index (χ0n) is 70.1. The third-order valence-electron chi connectivity index (χ3n) is 24.2.